The Balaban J connectivity index is 2.64. The van der Waals surface area contributed by atoms with Crippen LogP contribution in [0, 0.1) is 17.6 Å². The van der Waals surface area contributed by atoms with Crippen molar-refractivity contribution in [3.05, 3.63) is 35.4 Å². The zero-order valence-electron chi connectivity index (χ0n) is 11.0. The number of aliphatic hydroxyl groups excluding tert-OH is 1. The molecule has 0 aliphatic rings. The molecule has 0 aromatic heterocycles. The molecular formula is C14H19F2NO2. The molecule has 1 atom stereocenters. The van der Waals surface area contributed by atoms with Crippen LogP contribution in [0.15, 0.2) is 18.2 Å². The molecule has 0 saturated carbocycles. The van der Waals surface area contributed by atoms with E-state index < -0.39 is 23.1 Å². The van der Waals surface area contributed by atoms with Gasteiger partial charge in [-0.05, 0) is 30.9 Å². The standard InChI is InChI=1S/C14H19F2NO2/c1-2-4-10(7-8-18)9-17-14(19)13-11(15)5-3-6-12(13)16/h3,5-6,10,18H,2,4,7-9H2,1H3,(H,17,19). The summed E-state index contributed by atoms with van der Waals surface area (Å²) in [5.74, 6) is -2.37. The highest BCUT2D eigenvalue weighted by Gasteiger charge is 2.17. The maximum absolute atomic E-state index is 13.4. The molecule has 0 bridgehead atoms. The fraction of sp³-hybridized carbons (Fsp3) is 0.500. The molecule has 0 radical (unpaired) electrons. The fourth-order valence-corrected chi connectivity index (χ4v) is 1.98. The van der Waals surface area contributed by atoms with Crippen molar-refractivity contribution in [2.75, 3.05) is 13.2 Å². The van der Waals surface area contributed by atoms with Crippen LogP contribution in [0.25, 0.3) is 0 Å². The van der Waals surface area contributed by atoms with E-state index in [1.54, 1.807) is 0 Å². The van der Waals surface area contributed by atoms with Crippen molar-refractivity contribution in [2.24, 2.45) is 5.92 Å². The predicted octanol–water partition coefficient (Wildman–Crippen LogP) is 2.49. The number of hydrogen-bond acceptors (Lipinski definition) is 2. The number of aliphatic hydroxyl groups is 1. The van der Waals surface area contributed by atoms with Crippen molar-refractivity contribution in [3.63, 3.8) is 0 Å². The molecule has 0 saturated heterocycles. The van der Waals surface area contributed by atoms with Crippen LogP contribution in [0.1, 0.15) is 36.5 Å². The number of rotatable bonds is 7. The first-order valence-corrected chi connectivity index (χ1v) is 6.43. The summed E-state index contributed by atoms with van der Waals surface area (Å²) < 4.78 is 26.8. The molecule has 3 nitrogen and oxygen atoms in total. The average molecular weight is 271 g/mol. The van der Waals surface area contributed by atoms with E-state index in [2.05, 4.69) is 5.32 Å². The smallest absolute Gasteiger partial charge is 0.257 e. The Kier molecular flexibility index (Phi) is 6.42. The minimum atomic E-state index is -0.869. The quantitative estimate of drug-likeness (QED) is 0.800. The fourth-order valence-electron chi connectivity index (χ4n) is 1.98. The van der Waals surface area contributed by atoms with E-state index >= 15 is 0 Å². The van der Waals surface area contributed by atoms with E-state index in [0.717, 1.165) is 25.0 Å². The minimum Gasteiger partial charge on any atom is -0.396 e. The van der Waals surface area contributed by atoms with Gasteiger partial charge in [0.2, 0.25) is 0 Å². The molecule has 0 aliphatic heterocycles. The monoisotopic (exact) mass is 271 g/mol. The largest absolute Gasteiger partial charge is 0.396 e. The Morgan fingerprint density at radius 2 is 1.95 bits per heavy atom. The number of carbonyl (C=O) groups is 1. The van der Waals surface area contributed by atoms with Gasteiger partial charge in [-0.2, -0.15) is 0 Å². The first kappa shape index (κ1) is 15.6. The molecule has 0 heterocycles. The van der Waals surface area contributed by atoms with Crippen LogP contribution in [0.3, 0.4) is 0 Å². The topological polar surface area (TPSA) is 49.3 Å². The first-order valence-electron chi connectivity index (χ1n) is 6.43. The van der Waals surface area contributed by atoms with Gasteiger partial charge in [-0.25, -0.2) is 8.78 Å². The van der Waals surface area contributed by atoms with Crippen LogP contribution in [-0.4, -0.2) is 24.2 Å². The SMILES string of the molecule is CCCC(CCO)CNC(=O)c1c(F)cccc1F. The molecule has 5 heteroatoms. The van der Waals surface area contributed by atoms with Gasteiger partial charge in [-0.3, -0.25) is 4.79 Å². The Hall–Kier alpha value is -1.49. The molecule has 1 rings (SSSR count). The van der Waals surface area contributed by atoms with Crippen LogP contribution >= 0.6 is 0 Å². The number of halogens is 2. The Morgan fingerprint density at radius 1 is 1.32 bits per heavy atom. The van der Waals surface area contributed by atoms with Crippen LogP contribution < -0.4 is 5.32 Å². The summed E-state index contributed by atoms with van der Waals surface area (Å²) in [5.41, 5.74) is -0.554. The van der Waals surface area contributed by atoms with Gasteiger partial charge in [-0.15, -0.1) is 0 Å². The molecule has 19 heavy (non-hydrogen) atoms. The highest BCUT2D eigenvalue weighted by Crippen LogP contribution is 2.13. The lowest BCUT2D eigenvalue weighted by Crippen LogP contribution is -2.31. The van der Waals surface area contributed by atoms with E-state index in [0.29, 0.717) is 13.0 Å². The van der Waals surface area contributed by atoms with Crippen LogP contribution in [-0.2, 0) is 0 Å². The highest BCUT2D eigenvalue weighted by molar-refractivity contribution is 5.94. The summed E-state index contributed by atoms with van der Waals surface area (Å²) in [4.78, 5) is 11.7. The number of benzene rings is 1. The van der Waals surface area contributed by atoms with Gasteiger partial charge in [0.05, 0.1) is 0 Å². The van der Waals surface area contributed by atoms with Gasteiger partial charge >= 0.3 is 0 Å². The maximum atomic E-state index is 13.4. The predicted molar refractivity (Wildman–Crippen MR) is 68.8 cm³/mol. The lowest BCUT2D eigenvalue weighted by Gasteiger charge is -2.16. The first-order chi connectivity index (χ1) is 9.10. The van der Waals surface area contributed by atoms with E-state index in [9.17, 15) is 13.6 Å². The second-order valence-electron chi connectivity index (χ2n) is 4.47. The maximum Gasteiger partial charge on any atom is 0.257 e. The zero-order chi connectivity index (χ0) is 14.3. The highest BCUT2D eigenvalue weighted by atomic mass is 19.1. The Labute approximate surface area is 111 Å². The summed E-state index contributed by atoms with van der Waals surface area (Å²) in [6.07, 6.45) is 2.34. The Bertz CT molecular complexity index is 398. The van der Waals surface area contributed by atoms with E-state index in [1.165, 1.54) is 6.07 Å². The Morgan fingerprint density at radius 3 is 2.47 bits per heavy atom. The third-order valence-electron chi connectivity index (χ3n) is 2.98. The molecule has 1 unspecified atom stereocenters. The average Bonchev–Trinajstić information content (AvgIpc) is 2.36. The summed E-state index contributed by atoms with van der Waals surface area (Å²) in [6, 6.07) is 3.32. The summed E-state index contributed by atoms with van der Waals surface area (Å²) in [5, 5.41) is 11.4. The molecule has 2 N–H and O–H groups in total. The lowest BCUT2D eigenvalue weighted by molar-refractivity contribution is 0.0934. The van der Waals surface area contributed by atoms with Crippen molar-refractivity contribution in [1.82, 2.24) is 5.32 Å². The van der Waals surface area contributed by atoms with Gasteiger partial charge in [0.15, 0.2) is 0 Å². The molecule has 106 valence electrons. The van der Waals surface area contributed by atoms with E-state index in [-0.39, 0.29) is 12.5 Å². The van der Waals surface area contributed by atoms with Gasteiger partial charge in [0, 0.05) is 13.2 Å². The van der Waals surface area contributed by atoms with Gasteiger partial charge in [0.25, 0.3) is 5.91 Å². The van der Waals surface area contributed by atoms with Crippen LogP contribution in [0.5, 0.6) is 0 Å². The van der Waals surface area contributed by atoms with Crippen molar-refractivity contribution in [1.29, 1.82) is 0 Å². The third-order valence-corrected chi connectivity index (χ3v) is 2.98. The van der Waals surface area contributed by atoms with Gasteiger partial charge < -0.3 is 10.4 Å². The number of nitrogens with one attached hydrogen (secondary N) is 1. The second kappa shape index (κ2) is 7.84. The summed E-state index contributed by atoms with van der Waals surface area (Å²) in [7, 11) is 0. The lowest BCUT2D eigenvalue weighted by atomic mass is 10.00. The van der Waals surface area contributed by atoms with Crippen LogP contribution in [0.2, 0.25) is 0 Å². The van der Waals surface area contributed by atoms with Crippen molar-refractivity contribution in [2.45, 2.75) is 26.2 Å². The molecule has 0 fully saturated rings. The summed E-state index contributed by atoms with van der Waals surface area (Å²) in [6.45, 7) is 2.35. The second-order valence-corrected chi connectivity index (χ2v) is 4.47. The molecule has 1 amide bonds. The van der Waals surface area contributed by atoms with Crippen molar-refractivity contribution >= 4 is 5.91 Å². The number of carbonyl (C=O) groups excluding carboxylic acids is 1. The third kappa shape index (κ3) is 4.59. The van der Waals surface area contributed by atoms with E-state index in [1.807, 2.05) is 6.92 Å². The minimum absolute atomic E-state index is 0.0363. The van der Waals surface area contributed by atoms with Crippen molar-refractivity contribution < 1.29 is 18.7 Å². The summed E-state index contributed by atoms with van der Waals surface area (Å²) >= 11 is 0. The number of hydrogen-bond donors (Lipinski definition) is 2. The normalized spacial score (nSPS) is 12.2. The molecule has 0 spiro atoms. The van der Waals surface area contributed by atoms with Crippen LogP contribution in [0.4, 0.5) is 8.78 Å². The zero-order valence-corrected chi connectivity index (χ0v) is 11.0. The molecule has 1 aromatic carbocycles. The van der Waals surface area contributed by atoms with Crippen molar-refractivity contribution in [3.8, 4) is 0 Å². The van der Waals surface area contributed by atoms with Gasteiger partial charge in [-0.1, -0.05) is 19.4 Å². The van der Waals surface area contributed by atoms with Gasteiger partial charge in [0.1, 0.15) is 17.2 Å². The molecular weight excluding hydrogens is 252 g/mol. The molecule has 0 aliphatic carbocycles. The molecule has 1 aromatic rings. The number of amides is 1. The van der Waals surface area contributed by atoms with E-state index in [4.69, 9.17) is 5.11 Å².